The predicted octanol–water partition coefficient (Wildman–Crippen LogP) is 2.05. The van der Waals surface area contributed by atoms with Crippen molar-refractivity contribution in [2.24, 2.45) is 5.92 Å². The molecule has 1 aliphatic heterocycles. The van der Waals surface area contributed by atoms with Crippen molar-refractivity contribution in [2.45, 2.75) is 12.8 Å². The Hall–Kier alpha value is -0.630. The molecule has 2 fully saturated rings. The number of carbonyl (C=O) groups excluding carboxylic acids is 2. The van der Waals surface area contributed by atoms with Gasteiger partial charge in [-0.1, -0.05) is 0 Å². The summed E-state index contributed by atoms with van der Waals surface area (Å²) in [6.07, 6.45) is 2.09. The van der Waals surface area contributed by atoms with Gasteiger partial charge in [0.05, 0.1) is 8.45 Å². The Morgan fingerprint density at radius 1 is 1.16 bits per heavy atom. The van der Waals surface area contributed by atoms with Crippen LogP contribution in [0.4, 0.5) is 0 Å². The van der Waals surface area contributed by atoms with Gasteiger partial charge in [0, 0.05) is 37.5 Å². The Morgan fingerprint density at radius 2 is 1.79 bits per heavy atom. The maximum absolute atomic E-state index is 12.3. The number of nitrogens with zero attached hydrogens (tertiary/aromatic N) is 2. The molecule has 2 amide bonds. The van der Waals surface area contributed by atoms with E-state index in [2.05, 4.69) is 22.6 Å². The van der Waals surface area contributed by atoms with Crippen molar-refractivity contribution in [3.8, 4) is 0 Å². The zero-order valence-corrected chi connectivity index (χ0v) is 13.4. The summed E-state index contributed by atoms with van der Waals surface area (Å²) in [5, 5.41) is 1.91. The van der Waals surface area contributed by atoms with E-state index < -0.39 is 0 Å². The van der Waals surface area contributed by atoms with E-state index in [-0.39, 0.29) is 17.7 Å². The highest BCUT2D eigenvalue weighted by molar-refractivity contribution is 14.1. The summed E-state index contributed by atoms with van der Waals surface area (Å²) in [6.45, 7) is 2.68. The van der Waals surface area contributed by atoms with E-state index >= 15 is 0 Å². The molecule has 0 unspecified atom stereocenters. The first-order chi connectivity index (χ1) is 9.15. The van der Waals surface area contributed by atoms with Crippen LogP contribution in [0.1, 0.15) is 23.2 Å². The minimum Gasteiger partial charge on any atom is -0.339 e. The van der Waals surface area contributed by atoms with Gasteiger partial charge in [0.15, 0.2) is 0 Å². The van der Waals surface area contributed by atoms with Crippen LogP contribution in [0.15, 0.2) is 11.4 Å². The van der Waals surface area contributed by atoms with Gasteiger partial charge in [-0.25, -0.2) is 0 Å². The van der Waals surface area contributed by atoms with Crippen molar-refractivity contribution in [1.82, 2.24) is 9.80 Å². The fourth-order valence-corrected chi connectivity index (χ4v) is 3.64. The van der Waals surface area contributed by atoms with E-state index in [9.17, 15) is 9.59 Å². The third kappa shape index (κ3) is 2.94. The minimum atomic E-state index is 0.0951. The molecule has 1 aromatic heterocycles. The second kappa shape index (κ2) is 5.40. The normalized spacial score (nSPS) is 19.6. The third-order valence-corrected chi connectivity index (χ3v) is 5.41. The van der Waals surface area contributed by atoms with Crippen molar-refractivity contribution in [2.75, 3.05) is 26.2 Å². The second-order valence-corrected chi connectivity index (χ2v) is 7.84. The predicted molar refractivity (Wildman–Crippen MR) is 82.2 cm³/mol. The van der Waals surface area contributed by atoms with Crippen LogP contribution < -0.4 is 0 Å². The fourth-order valence-electron chi connectivity index (χ4n) is 2.32. The van der Waals surface area contributed by atoms with Crippen LogP contribution in [-0.4, -0.2) is 47.8 Å². The molecular weight excluding hydrogens is 375 g/mol. The lowest BCUT2D eigenvalue weighted by Crippen LogP contribution is -2.51. The third-order valence-electron chi connectivity index (χ3n) is 3.62. The van der Waals surface area contributed by atoms with Crippen LogP contribution in [0, 0.1) is 8.80 Å². The van der Waals surface area contributed by atoms with E-state index in [1.54, 1.807) is 11.3 Å². The molecule has 4 nitrogen and oxygen atoms in total. The molecule has 2 heterocycles. The molecule has 0 aromatic carbocycles. The van der Waals surface area contributed by atoms with Crippen molar-refractivity contribution in [3.05, 3.63) is 19.9 Å². The molecule has 102 valence electrons. The molecule has 1 saturated heterocycles. The first-order valence-electron chi connectivity index (χ1n) is 6.47. The summed E-state index contributed by atoms with van der Waals surface area (Å²) in [5.41, 5.74) is 0.774. The Morgan fingerprint density at radius 3 is 2.32 bits per heavy atom. The van der Waals surface area contributed by atoms with E-state index in [0.717, 1.165) is 21.3 Å². The van der Waals surface area contributed by atoms with Crippen LogP contribution in [0.25, 0.3) is 0 Å². The lowest BCUT2D eigenvalue weighted by molar-refractivity contribution is -0.134. The van der Waals surface area contributed by atoms with E-state index in [0.29, 0.717) is 26.2 Å². The standard InChI is InChI=1S/C13H15IN2O2S/c14-11-7-10(8-19-11)13(18)16-5-3-15(4-6-16)12(17)9-1-2-9/h7-9H,1-6H2. The summed E-state index contributed by atoms with van der Waals surface area (Å²) in [5.74, 6) is 0.663. The number of rotatable bonds is 2. The van der Waals surface area contributed by atoms with Gasteiger partial charge in [-0.05, 0) is 41.5 Å². The van der Waals surface area contributed by atoms with Gasteiger partial charge in [0.1, 0.15) is 0 Å². The molecule has 2 aliphatic rings. The molecule has 1 aliphatic carbocycles. The number of hydrogen-bond donors (Lipinski definition) is 0. The van der Waals surface area contributed by atoms with Crippen LogP contribution in [-0.2, 0) is 4.79 Å². The summed E-state index contributed by atoms with van der Waals surface area (Å²) >= 11 is 3.81. The number of thiophene rings is 1. The highest BCUT2D eigenvalue weighted by atomic mass is 127. The maximum atomic E-state index is 12.3. The van der Waals surface area contributed by atoms with Crippen LogP contribution >= 0.6 is 33.9 Å². The van der Waals surface area contributed by atoms with Gasteiger partial charge in [-0.3, -0.25) is 9.59 Å². The summed E-state index contributed by atoms with van der Waals surface area (Å²) in [4.78, 5) is 28.0. The molecule has 0 N–H and O–H groups in total. The molecule has 6 heteroatoms. The average Bonchev–Trinajstić information content (AvgIpc) is 3.19. The fraction of sp³-hybridized carbons (Fsp3) is 0.538. The van der Waals surface area contributed by atoms with Gasteiger partial charge in [0.25, 0.3) is 5.91 Å². The Labute approximate surface area is 129 Å². The molecular formula is C13H15IN2O2S. The minimum absolute atomic E-state index is 0.0951. The van der Waals surface area contributed by atoms with Gasteiger partial charge in [0.2, 0.25) is 5.91 Å². The van der Waals surface area contributed by atoms with Gasteiger partial charge in [-0.15, -0.1) is 11.3 Å². The lowest BCUT2D eigenvalue weighted by atomic mass is 10.2. The molecule has 19 heavy (non-hydrogen) atoms. The quantitative estimate of drug-likeness (QED) is 0.726. The monoisotopic (exact) mass is 390 g/mol. The zero-order chi connectivity index (χ0) is 13.4. The molecule has 0 bridgehead atoms. The highest BCUT2D eigenvalue weighted by Crippen LogP contribution is 2.31. The van der Waals surface area contributed by atoms with Crippen molar-refractivity contribution >= 4 is 45.7 Å². The Kier molecular flexibility index (Phi) is 3.79. The zero-order valence-electron chi connectivity index (χ0n) is 10.5. The Balaban J connectivity index is 1.57. The number of carbonyl (C=O) groups is 2. The van der Waals surface area contributed by atoms with Crippen LogP contribution in [0.5, 0.6) is 0 Å². The van der Waals surface area contributed by atoms with E-state index in [1.807, 2.05) is 21.2 Å². The first kappa shape index (κ1) is 13.4. The summed E-state index contributed by atoms with van der Waals surface area (Å²) in [6, 6.07) is 1.93. The van der Waals surface area contributed by atoms with Crippen molar-refractivity contribution < 1.29 is 9.59 Å². The van der Waals surface area contributed by atoms with Crippen molar-refractivity contribution in [3.63, 3.8) is 0 Å². The lowest BCUT2D eigenvalue weighted by Gasteiger charge is -2.34. The maximum Gasteiger partial charge on any atom is 0.254 e. The van der Waals surface area contributed by atoms with Gasteiger partial charge in [-0.2, -0.15) is 0 Å². The number of amides is 2. The molecule has 0 spiro atoms. The molecule has 1 saturated carbocycles. The highest BCUT2D eigenvalue weighted by Gasteiger charge is 2.35. The molecule has 0 atom stereocenters. The average molecular weight is 390 g/mol. The van der Waals surface area contributed by atoms with Crippen LogP contribution in [0.2, 0.25) is 0 Å². The second-order valence-electron chi connectivity index (χ2n) is 5.03. The molecule has 0 radical (unpaired) electrons. The number of halogens is 1. The van der Waals surface area contributed by atoms with Gasteiger partial charge >= 0.3 is 0 Å². The van der Waals surface area contributed by atoms with E-state index in [1.165, 1.54) is 0 Å². The SMILES string of the molecule is O=C(c1csc(I)c1)N1CCN(C(=O)C2CC2)CC1. The summed E-state index contributed by atoms with van der Waals surface area (Å²) < 4.78 is 1.13. The molecule has 1 aromatic rings. The molecule has 3 rings (SSSR count). The Bertz CT molecular complexity index is 504. The van der Waals surface area contributed by atoms with E-state index in [4.69, 9.17) is 0 Å². The first-order valence-corrected chi connectivity index (χ1v) is 8.43. The van der Waals surface area contributed by atoms with Gasteiger partial charge < -0.3 is 9.80 Å². The smallest absolute Gasteiger partial charge is 0.254 e. The van der Waals surface area contributed by atoms with Crippen molar-refractivity contribution in [1.29, 1.82) is 0 Å². The van der Waals surface area contributed by atoms with Crippen LogP contribution in [0.3, 0.4) is 0 Å². The largest absolute Gasteiger partial charge is 0.339 e. The topological polar surface area (TPSA) is 40.6 Å². The number of hydrogen-bond acceptors (Lipinski definition) is 3. The summed E-state index contributed by atoms with van der Waals surface area (Å²) in [7, 11) is 0. The number of piperazine rings is 1.